The molecule has 0 fully saturated rings. The van der Waals surface area contributed by atoms with Crippen LogP contribution in [0.3, 0.4) is 0 Å². The number of esters is 1. The van der Waals surface area contributed by atoms with Gasteiger partial charge < -0.3 is 21.1 Å². The molecule has 0 radical (unpaired) electrons. The number of rotatable bonds is 5. The van der Waals surface area contributed by atoms with Crippen LogP contribution in [-0.2, 0) is 0 Å². The summed E-state index contributed by atoms with van der Waals surface area (Å²) >= 11 is 0. The van der Waals surface area contributed by atoms with Crippen LogP contribution in [0.4, 0.5) is 28.4 Å². The normalized spacial score (nSPS) is 10.4. The monoisotopic (exact) mass is 395 g/mol. The molecule has 4 aromatic rings. The van der Waals surface area contributed by atoms with Crippen LogP contribution < -0.4 is 21.1 Å². The SMILES string of the molecule is Nc1ccc(N(c2ccc(N)cc2)c2ccc(C(=O)Oc3ccccc3)cc2)cc1. The lowest BCUT2D eigenvalue weighted by atomic mass is 10.1. The van der Waals surface area contributed by atoms with E-state index in [1.807, 2.05) is 78.9 Å². The lowest BCUT2D eigenvalue weighted by Crippen LogP contribution is -2.12. The molecule has 0 aliphatic heterocycles. The minimum absolute atomic E-state index is 0.403. The standard InChI is InChI=1S/C25H21N3O2/c26-19-8-14-22(15-9-19)28(23-16-10-20(27)11-17-23)21-12-6-18(7-13-21)25(29)30-24-4-2-1-3-5-24/h1-17H,26-27H2. The number of hydrogen-bond donors (Lipinski definition) is 2. The molecule has 0 bridgehead atoms. The van der Waals surface area contributed by atoms with Gasteiger partial charge in [-0.15, -0.1) is 0 Å². The van der Waals surface area contributed by atoms with Gasteiger partial charge in [0.15, 0.2) is 0 Å². The molecule has 0 aliphatic carbocycles. The lowest BCUT2D eigenvalue weighted by molar-refractivity contribution is 0.0735. The second-order valence-corrected chi connectivity index (χ2v) is 6.77. The minimum atomic E-state index is -0.403. The Morgan fingerprint density at radius 3 is 1.50 bits per heavy atom. The summed E-state index contributed by atoms with van der Waals surface area (Å²) in [5.74, 6) is 0.108. The fourth-order valence-corrected chi connectivity index (χ4v) is 3.10. The predicted molar refractivity (Wildman–Crippen MR) is 121 cm³/mol. The van der Waals surface area contributed by atoms with Gasteiger partial charge in [0, 0.05) is 28.4 Å². The lowest BCUT2D eigenvalue weighted by Gasteiger charge is -2.25. The molecule has 148 valence electrons. The molecule has 0 aliphatic rings. The van der Waals surface area contributed by atoms with E-state index in [9.17, 15) is 4.79 Å². The first-order chi connectivity index (χ1) is 14.6. The molecule has 0 spiro atoms. The molecule has 4 aromatic carbocycles. The van der Waals surface area contributed by atoms with Crippen molar-refractivity contribution in [3.63, 3.8) is 0 Å². The minimum Gasteiger partial charge on any atom is -0.423 e. The molecule has 0 amide bonds. The van der Waals surface area contributed by atoms with Crippen LogP contribution in [0.2, 0.25) is 0 Å². The molecule has 5 nitrogen and oxygen atoms in total. The van der Waals surface area contributed by atoms with Gasteiger partial charge in [-0.25, -0.2) is 4.79 Å². The fraction of sp³-hybridized carbons (Fsp3) is 0. The summed E-state index contributed by atoms with van der Waals surface area (Å²) in [6, 6.07) is 31.5. The van der Waals surface area contributed by atoms with Crippen molar-refractivity contribution in [2.45, 2.75) is 0 Å². The summed E-state index contributed by atoms with van der Waals surface area (Å²) in [5, 5.41) is 0. The maximum atomic E-state index is 12.4. The third-order valence-electron chi connectivity index (χ3n) is 4.62. The molecular formula is C25H21N3O2. The second kappa shape index (κ2) is 8.41. The number of para-hydroxylation sites is 1. The number of anilines is 5. The Labute approximate surface area is 175 Å². The van der Waals surface area contributed by atoms with E-state index in [1.54, 1.807) is 24.3 Å². The summed E-state index contributed by atoms with van der Waals surface area (Å²) in [5.41, 5.74) is 16.3. The van der Waals surface area contributed by atoms with E-state index in [0.29, 0.717) is 22.7 Å². The zero-order valence-corrected chi connectivity index (χ0v) is 16.2. The summed E-state index contributed by atoms with van der Waals surface area (Å²) in [6.07, 6.45) is 0. The Kier molecular flexibility index (Phi) is 5.35. The highest BCUT2D eigenvalue weighted by molar-refractivity contribution is 5.92. The quantitative estimate of drug-likeness (QED) is 0.263. The van der Waals surface area contributed by atoms with E-state index in [1.165, 1.54) is 0 Å². The van der Waals surface area contributed by atoms with Crippen molar-refractivity contribution in [1.29, 1.82) is 0 Å². The molecular weight excluding hydrogens is 374 g/mol. The molecule has 0 unspecified atom stereocenters. The molecule has 30 heavy (non-hydrogen) atoms. The molecule has 4 N–H and O–H groups in total. The Balaban J connectivity index is 1.64. The average Bonchev–Trinajstić information content (AvgIpc) is 2.78. The smallest absolute Gasteiger partial charge is 0.343 e. The van der Waals surface area contributed by atoms with Gasteiger partial charge >= 0.3 is 5.97 Å². The number of carbonyl (C=O) groups excluding carboxylic acids is 1. The zero-order chi connectivity index (χ0) is 20.9. The van der Waals surface area contributed by atoms with E-state index in [2.05, 4.69) is 4.90 Å². The van der Waals surface area contributed by atoms with Crippen LogP contribution in [0.1, 0.15) is 10.4 Å². The maximum absolute atomic E-state index is 12.4. The Bertz CT molecular complexity index is 1080. The van der Waals surface area contributed by atoms with Crippen molar-refractivity contribution < 1.29 is 9.53 Å². The van der Waals surface area contributed by atoms with E-state index < -0.39 is 5.97 Å². The highest BCUT2D eigenvalue weighted by Gasteiger charge is 2.14. The van der Waals surface area contributed by atoms with Gasteiger partial charge in [0.25, 0.3) is 0 Å². The van der Waals surface area contributed by atoms with Crippen LogP contribution in [0.15, 0.2) is 103 Å². The molecule has 0 atom stereocenters. The van der Waals surface area contributed by atoms with Gasteiger partial charge in [0.2, 0.25) is 0 Å². The van der Waals surface area contributed by atoms with Crippen LogP contribution in [0.25, 0.3) is 0 Å². The third kappa shape index (κ3) is 4.25. The van der Waals surface area contributed by atoms with E-state index >= 15 is 0 Å². The van der Waals surface area contributed by atoms with Crippen molar-refractivity contribution in [3.8, 4) is 5.75 Å². The summed E-state index contributed by atoms with van der Waals surface area (Å²) < 4.78 is 5.42. The van der Waals surface area contributed by atoms with Crippen molar-refractivity contribution in [2.75, 3.05) is 16.4 Å². The topological polar surface area (TPSA) is 81.6 Å². The molecule has 0 saturated carbocycles. The highest BCUT2D eigenvalue weighted by atomic mass is 16.5. The van der Waals surface area contributed by atoms with Crippen LogP contribution in [0.5, 0.6) is 5.75 Å². The van der Waals surface area contributed by atoms with E-state index in [4.69, 9.17) is 16.2 Å². The van der Waals surface area contributed by atoms with Gasteiger partial charge in [0.1, 0.15) is 5.75 Å². The van der Waals surface area contributed by atoms with E-state index in [-0.39, 0.29) is 0 Å². The van der Waals surface area contributed by atoms with Gasteiger partial charge in [-0.1, -0.05) is 18.2 Å². The first kappa shape index (κ1) is 19.1. The number of carbonyl (C=O) groups is 1. The first-order valence-electron chi connectivity index (χ1n) is 9.49. The maximum Gasteiger partial charge on any atom is 0.343 e. The van der Waals surface area contributed by atoms with Gasteiger partial charge in [-0.3, -0.25) is 0 Å². The molecule has 5 heteroatoms. The second-order valence-electron chi connectivity index (χ2n) is 6.77. The molecule has 0 aromatic heterocycles. The number of nitrogens with zero attached hydrogens (tertiary/aromatic N) is 1. The summed E-state index contributed by atoms with van der Waals surface area (Å²) in [6.45, 7) is 0. The Morgan fingerprint density at radius 2 is 1.03 bits per heavy atom. The van der Waals surface area contributed by atoms with Crippen molar-refractivity contribution in [3.05, 3.63) is 109 Å². The van der Waals surface area contributed by atoms with Crippen LogP contribution in [-0.4, -0.2) is 5.97 Å². The number of nitrogens with two attached hydrogens (primary N) is 2. The largest absolute Gasteiger partial charge is 0.423 e. The number of benzene rings is 4. The number of ether oxygens (including phenoxy) is 1. The molecule has 0 heterocycles. The molecule has 4 rings (SSSR count). The van der Waals surface area contributed by atoms with Gasteiger partial charge in [0.05, 0.1) is 5.56 Å². The Morgan fingerprint density at radius 1 is 0.600 bits per heavy atom. The fourth-order valence-electron chi connectivity index (χ4n) is 3.10. The van der Waals surface area contributed by atoms with Crippen molar-refractivity contribution >= 4 is 34.4 Å². The third-order valence-corrected chi connectivity index (χ3v) is 4.62. The van der Waals surface area contributed by atoms with Crippen molar-refractivity contribution in [1.82, 2.24) is 0 Å². The number of hydrogen-bond acceptors (Lipinski definition) is 5. The van der Waals surface area contributed by atoms with E-state index in [0.717, 1.165) is 17.1 Å². The summed E-state index contributed by atoms with van der Waals surface area (Å²) in [7, 11) is 0. The highest BCUT2D eigenvalue weighted by Crippen LogP contribution is 2.35. The van der Waals surface area contributed by atoms with Crippen molar-refractivity contribution in [2.24, 2.45) is 0 Å². The average molecular weight is 395 g/mol. The first-order valence-corrected chi connectivity index (χ1v) is 9.49. The number of nitrogen functional groups attached to an aromatic ring is 2. The zero-order valence-electron chi connectivity index (χ0n) is 16.2. The summed E-state index contributed by atoms with van der Waals surface area (Å²) in [4.78, 5) is 14.5. The predicted octanol–water partition coefficient (Wildman–Crippen LogP) is 5.54. The molecule has 0 saturated heterocycles. The van der Waals surface area contributed by atoms with Gasteiger partial charge in [-0.05, 0) is 84.9 Å². The van der Waals surface area contributed by atoms with Crippen LogP contribution in [0, 0.1) is 0 Å². The van der Waals surface area contributed by atoms with Gasteiger partial charge in [-0.2, -0.15) is 0 Å². The van der Waals surface area contributed by atoms with Crippen LogP contribution >= 0.6 is 0 Å². The Hall–Kier alpha value is -4.25.